The second-order valence-electron chi connectivity index (χ2n) is 10.4. The number of hydrogen-bond acceptors (Lipinski definition) is 1. The van der Waals surface area contributed by atoms with E-state index >= 15 is 0 Å². The third kappa shape index (κ3) is 4.30. The number of hydrogen-bond donors (Lipinski definition) is 0. The van der Waals surface area contributed by atoms with Crippen LogP contribution in [0.1, 0.15) is 56.7 Å². The van der Waals surface area contributed by atoms with E-state index in [2.05, 4.69) is 99.6 Å². The number of fused-ring (bicyclic) bond motifs is 3. The maximum absolute atomic E-state index is 7.18. The first-order valence-corrected chi connectivity index (χ1v) is 13.8. The number of benzene rings is 3. The summed E-state index contributed by atoms with van der Waals surface area (Å²) >= 11 is 0. The van der Waals surface area contributed by atoms with Gasteiger partial charge in [0.2, 0.25) is 0 Å². The van der Waals surface area contributed by atoms with E-state index in [-0.39, 0.29) is 5.41 Å². The first-order chi connectivity index (χ1) is 15.5. The van der Waals surface area contributed by atoms with Crippen molar-refractivity contribution in [2.45, 2.75) is 63.9 Å². The van der Waals surface area contributed by atoms with Crippen LogP contribution in [0.3, 0.4) is 0 Å². The van der Waals surface area contributed by atoms with Gasteiger partial charge in [0, 0.05) is 20.5 Å². The highest BCUT2D eigenvalue weighted by Gasteiger charge is 2.41. The third-order valence-corrected chi connectivity index (χ3v) is 9.76. The van der Waals surface area contributed by atoms with Crippen LogP contribution in [-0.4, -0.2) is 6.10 Å². The van der Waals surface area contributed by atoms with E-state index in [1.54, 1.807) is 0 Å². The van der Waals surface area contributed by atoms with Gasteiger partial charge in [-0.05, 0) is 57.9 Å². The van der Waals surface area contributed by atoms with Crippen LogP contribution in [-0.2, 0) is 22.3 Å². The second kappa shape index (κ2) is 9.12. The molecule has 1 heterocycles. The molecule has 2 heteroatoms. The minimum absolute atomic E-state index is 0.114. The lowest BCUT2D eigenvalue weighted by Crippen LogP contribution is -2.42. The van der Waals surface area contributed by atoms with Crippen LogP contribution < -0.4 is 0 Å². The normalized spacial score (nSPS) is 23.8. The average Bonchev–Trinajstić information content (AvgIpc) is 2.96. The van der Waals surface area contributed by atoms with E-state index < -0.39 is 8.15 Å². The Hall–Kier alpha value is -1.95. The molecule has 0 spiro atoms. The summed E-state index contributed by atoms with van der Waals surface area (Å²) in [6.07, 6.45) is 6.20. The van der Waals surface area contributed by atoms with E-state index in [1.807, 2.05) is 0 Å². The largest absolute Gasteiger partial charge is 0.355 e. The molecule has 0 unspecified atom stereocenters. The lowest BCUT2D eigenvalue weighted by molar-refractivity contribution is 0.0407. The first kappa shape index (κ1) is 21.9. The molecule has 0 N–H and O–H groups in total. The van der Waals surface area contributed by atoms with Gasteiger partial charge in [0.25, 0.3) is 0 Å². The Balaban J connectivity index is 1.45. The summed E-state index contributed by atoms with van der Waals surface area (Å²) < 4.78 is 7.18. The zero-order chi connectivity index (χ0) is 22.1. The summed E-state index contributed by atoms with van der Waals surface area (Å²) in [7, 11) is -0.556. The molecule has 0 bridgehead atoms. The summed E-state index contributed by atoms with van der Waals surface area (Å²) in [4.78, 5) is 0. The highest BCUT2D eigenvalue weighted by Crippen LogP contribution is 2.55. The molecule has 2 aliphatic rings. The van der Waals surface area contributed by atoms with Gasteiger partial charge < -0.3 is 4.52 Å². The predicted octanol–water partition coefficient (Wildman–Crippen LogP) is 8.56. The Kier molecular flexibility index (Phi) is 6.24. The van der Waals surface area contributed by atoms with Gasteiger partial charge in [0.05, 0.1) is 6.10 Å². The van der Waals surface area contributed by atoms with Crippen LogP contribution in [0.5, 0.6) is 0 Å². The molecule has 32 heavy (non-hydrogen) atoms. The van der Waals surface area contributed by atoms with Crippen LogP contribution in [0.2, 0.25) is 0 Å². The standard InChI is InChI=1S/C30H35OP/c1-22-17-18-28(30(2,3)25-13-5-4-6-14-25)29(19-22)31-32-20-23-11-7-9-15-26(23)27-16-10-8-12-24(27)21-32/h4-16,22,28-29H,17-21H2,1-3H3/t22-,28-,29-/m1/s1. The summed E-state index contributed by atoms with van der Waals surface area (Å²) in [6.45, 7) is 7.28. The summed E-state index contributed by atoms with van der Waals surface area (Å²) in [5.74, 6) is 1.29. The minimum atomic E-state index is -0.556. The van der Waals surface area contributed by atoms with E-state index in [9.17, 15) is 0 Å². The lowest BCUT2D eigenvalue weighted by atomic mass is 9.64. The predicted molar refractivity (Wildman–Crippen MR) is 137 cm³/mol. The van der Waals surface area contributed by atoms with E-state index in [4.69, 9.17) is 4.52 Å². The SMILES string of the molecule is C[C@@H]1CC[C@@H](C(C)(C)c2ccccc2)[C@H](OP2Cc3ccccc3-c3ccccc3C2)C1. The average molecular weight is 443 g/mol. The summed E-state index contributed by atoms with van der Waals surface area (Å²) in [6, 6.07) is 29.0. The van der Waals surface area contributed by atoms with Crippen molar-refractivity contribution in [1.82, 2.24) is 0 Å². The van der Waals surface area contributed by atoms with Crippen molar-refractivity contribution in [1.29, 1.82) is 0 Å². The van der Waals surface area contributed by atoms with Crippen LogP contribution in [0.25, 0.3) is 11.1 Å². The highest BCUT2D eigenvalue weighted by atomic mass is 31.1. The van der Waals surface area contributed by atoms with E-state index in [0.29, 0.717) is 12.0 Å². The minimum Gasteiger partial charge on any atom is -0.355 e. The Labute approximate surface area is 195 Å². The maximum Gasteiger partial charge on any atom is 0.0657 e. The maximum atomic E-state index is 7.18. The number of rotatable bonds is 4. The third-order valence-electron chi connectivity index (χ3n) is 7.80. The van der Waals surface area contributed by atoms with Gasteiger partial charge in [-0.15, -0.1) is 0 Å². The lowest BCUT2D eigenvalue weighted by Gasteiger charge is -2.45. The highest BCUT2D eigenvalue weighted by molar-refractivity contribution is 7.50. The fourth-order valence-corrected chi connectivity index (χ4v) is 8.08. The molecule has 0 aromatic heterocycles. The van der Waals surface area contributed by atoms with Gasteiger partial charge in [-0.1, -0.05) is 106 Å². The molecule has 1 nitrogen and oxygen atoms in total. The Morgan fingerprint density at radius 2 is 1.31 bits per heavy atom. The molecule has 1 aliphatic heterocycles. The molecular weight excluding hydrogens is 407 g/mol. The van der Waals surface area contributed by atoms with E-state index in [1.165, 1.54) is 47.1 Å². The fraction of sp³-hybridized carbons (Fsp3) is 0.400. The van der Waals surface area contributed by atoms with Crippen LogP contribution in [0.4, 0.5) is 0 Å². The smallest absolute Gasteiger partial charge is 0.0657 e. The van der Waals surface area contributed by atoms with Crippen LogP contribution in [0.15, 0.2) is 78.9 Å². The first-order valence-electron chi connectivity index (χ1n) is 12.2. The quantitative estimate of drug-likeness (QED) is 0.368. The van der Waals surface area contributed by atoms with Crippen molar-refractivity contribution in [2.24, 2.45) is 11.8 Å². The van der Waals surface area contributed by atoms with Gasteiger partial charge in [-0.25, -0.2) is 0 Å². The second-order valence-corrected chi connectivity index (χ2v) is 12.2. The van der Waals surface area contributed by atoms with Crippen LogP contribution in [0, 0.1) is 11.8 Å². The molecule has 1 saturated carbocycles. The molecule has 0 radical (unpaired) electrons. The Morgan fingerprint density at radius 3 is 1.94 bits per heavy atom. The summed E-state index contributed by atoms with van der Waals surface area (Å²) in [5, 5.41) is 0. The molecule has 3 aromatic rings. The monoisotopic (exact) mass is 442 g/mol. The van der Waals surface area contributed by atoms with Gasteiger partial charge in [0.15, 0.2) is 0 Å². The summed E-state index contributed by atoms with van der Waals surface area (Å²) in [5.41, 5.74) is 7.25. The molecule has 0 amide bonds. The molecule has 1 fully saturated rings. The van der Waals surface area contributed by atoms with Crippen LogP contribution >= 0.6 is 8.15 Å². The van der Waals surface area contributed by atoms with Gasteiger partial charge >= 0.3 is 0 Å². The molecule has 0 saturated heterocycles. The fourth-order valence-electron chi connectivity index (χ4n) is 5.90. The Morgan fingerprint density at radius 1 is 0.750 bits per heavy atom. The molecule has 166 valence electrons. The van der Waals surface area contributed by atoms with Crippen molar-refractivity contribution >= 4 is 8.15 Å². The van der Waals surface area contributed by atoms with Crippen molar-refractivity contribution in [3.8, 4) is 11.1 Å². The van der Waals surface area contributed by atoms with Crippen molar-refractivity contribution in [3.05, 3.63) is 95.6 Å². The van der Waals surface area contributed by atoms with Crippen molar-refractivity contribution < 1.29 is 4.52 Å². The zero-order valence-corrected chi connectivity index (χ0v) is 20.5. The zero-order valence-electron chi connectivity index (χ0n) is 19.6. The molecule has 1 aliphatic carbocycles. The van der Waals surface area contributed by atoms with Gasteiger partial charge in [-0.3, -0.25) is 0 Å². The molecule has 5 rings (SSSR count). The van der Waals surface area contributed by atoms with Gasteiger partial charge in [0.1, 0.15) is 0 Å². The topological polar surface area (TPSA) is 9.23 Å². The molecule has 3 atom stereocenters. The van der Waals surface area contributed by atoms with Gasteiger partial charge in [-0.2, -0.15) is 0 Å². The Bertz CT molecular complexity index is 1010. The van der Waals surface area contributed by atoms with Crippen molar-refractivity contribution in [2.75, 3.05) is 0 Å². The van der Waals surface area contributed by atoms with E-state index in [0.717, 1.165) is 18.2 Å². The molecular formula is C30H35OP. The molecule has 3 aromatic carbocycles. The van der Waals surface area contributed by atoms with Crippen molar-refractivity contribution in [3.63, 3.8) is 0 Å².